The third-order valence-electron chi connectivity index (χ3n) is 6.92. The van der Waals surface area contributed by atoms with Gasteiger partial charge in [-0.15, -0.1) is 11.3 Å². The van der Waals surface area contributed by atoms with Crippen molar-refractivity contribution >= 4 is 49.9 Å². The number of nitrogens with one attached hydrogen (secondary N) is 2. The van der Waals surface area contributed by atoms with E-state index < -0.39 is 0 Å². The van der Waals surface area contributed by atoms with Crippen LogP contribution in [0.1, 0.15) is 23.3 Å². The van der Waals surface area contributed by atoms with Gasteiger partial charge in [-0.25, -0.2) is 9.97 Å². The summed E-state index contributed by atoms with van der Waals surface area (Å²) in [5.74, 6) is 1.48. The van der Waals surface area contributed by atoms with E-state index in [-0.39, 0.29) is 18.4 Å². The molecule has 3 N–H and O–H groups in total. The summed E-state index contributed by atoms with van der Waals surface area (Å²) in [6.07, 6.45) is 6.49. The second-order valence-electron chi connectivity index (χ2n) is 9.69. The third kappa shape index (κ3) is 5.25. The number of thiophene rings is 1. The number of amides is 1. The molecule has 0 bridgehead atoms. The second kappa shape index (κ2) is 11.0. The van der Waals surface area contributed by atoms with Crippen LogP contribution in [0.3, 0.4) is 0 Å². The maximum atomic E-state index is 13.4. The van der Waals surface area contributed by atoms with Gasteiger partial charge in [0, 0.05) is 35.3 Å². The molecule has 0 spiro atoms. The Hall–Kier alpha value is -3.28. The third-order valence-corrected chi connectivity index (χ3v) is 8.09. The van der Waals surface area contributed by atoms with Crippen molar-refractivity contribution in [1.29, 1.82) is 0 Å². The summed E-state index contributed by atoms with van der Waals surface area (Å²) in [6.45, 7) is 1.93. The van der Waals surface area contributed by atoms with E-state index in [1.165, 1.54) is 10.4 Å². The van der Waals surface area contributed by atoms with Gasteiger partial charge in [0.25, 0.3) is 0 Å². The minimum atomic E-state index is -0.0839. The van der Waals surface area contributed by atoms with Crippen LogP contribution >= 0.6 is 11.3 Å². The Labute approximate surface area is 219 Å². The first-order valence-corrected chi connectivity index (χ1v) is 13.4. The molecule has 0 unspecified atom stereocenters. The minimum Gasteiger partial charge on any atom is -0.494 e. The number of carbonyl (C=O) groups is 1. The Morgan fingerprint density at radius 2 is 2.14 bits per heavy atom. The maximum absolute atomic E-state index is 13.4. The first kappa shape index (κ1) is 25.4. The van der Waals surface area contributed by atoms with E-state index in [2.05, 4.69) is 30.4 Å². The first-order chi connectivity index (χ1) is 18.0. The maximum Gasteiger partial charge on any atom is 0.226 e. The fraction of sp³-hybridized carbons (Fsp3) is 0.462. The van der Waals surface area contributed by atoms with Crippen LogP contribution in [0.2, 0.25) is 0 Å². The van der Waals surface area contributed by atoms with Crippen LogP contribution in [0.5, 0.6) is 5.75 Å². The highest BCUT2D eigenvalue weighted by Gasteiger charge is 2.31. The van der Waals surface area contributed by atoms with Crippen molar-refractivity contribution in [2.75, 3.05) is 52.8 Å². The number of ether oxygens (including phenoxy) is 1. The molecule has 3 heterocycles. The monoisotopic (exact) mass is 523 g/mol. The molecule has 196 valence electrons. The van der Waals surface area contributed by atoms with Crippen LogP contribution in [0.25, 0.3) is 21.1 Å². The van der Waals surface area contributed by atoms with Crippen molar-refractivity contribution in [3.63, 3.8) is 0 Å². The molecule has 3 aromatic heterocycles. The lowest BCUT2D eigenvalue weighted by atomic mass is 9.86. The summed E-state index contributed by atoms with van der Waals surface area (Å²) in [6, 6.07) is 3.91. The molecule has 0 saturated carbocycles. The van der Waals surface area contributed by atoms with E-state index in [4.69, 9.17) is 4.74 Å². The van der Waals surface area contributed by atoms with Crippen molar-refractivity contribution in [2.45, 2.75) is 25.7 Å². The number of nitrogens with zero attached hydrogens (tertiary/aromatic N) is 5. The van der Waals surface area contributed by atoms with Gasteiger partial charge in [-0.1, -0.05) is 0 Å². The number of aromatic amines is 1. The number of H-pyrrole nitrogens is 1. The number of aliphatic hydroxyl groups is 1. The summed E-state index contributed by atoms with van der Waals surface area (Å²) in [7, 11) is 5.70. The Kier molecular flexibility index (Phi) is 7.54. The van der Waals surface area contributed by atoms with Gasteiger partial charge in [0.05, 0.1) is 36.5 Å². The summed E-state index contributed by atoms with van der Waals surface area (Å²) >= 11 is 1.64. The van der Waals surface area contributed by atoms with E-state index in [1.807, 2.05) is 31.1 Å². The highest BCUT2D eigenvalue weighted by Crippen LogP contribution is 2.42. The van der Waals surface area contributed by atoms with Crippen LogP contribution < -0.4 is 10.1 Å². The molecule has 11 heteroatoms. The number of aliphatic hydroxyl groups excluding tert-OH is 1. The van der Waals surface area contributed by atoms with E-state index >= 15 is 0 Å². The molecule has 0 saturated heterocycles. The Morgan fingerprint density at radius 1 is 1.27 bits per heavy atom. The topological polar surface area (TPSA) is 119 Å². The highest BCUT2D eigenvalue weighted by molar-refractivity contribution is 7.19. The average molecular weight is 524 g/mol. The number of benzene rings is 1. The molecule has 5 rings (SSSR count). The van der Waals surface area contributed by atoms with Crippen molar-refractivity contribution in [3.05, 3.63) is 35.1 Å². The number of carbonyl (C=O) groups excluding carboxylic acids is 1. The van der Waals surface area contributed by atoms with E-state index in [9.17, 15) is 9.90 Å². The number of rotatable bonds is 10. The minimum absolute atomic E-state index is 0.0206. The summed E-state index contributed by atoms with van der Waals surface area (Å²) < 4.78 is 5.61. The number of anilines is 2. The van der Waals surface area contributed by atoms with Crippen molar-refractivity contribution in [3.8, 4) is 5.75 Å². The van der Waals surface area contributed by atoms with Gasteiger partial charge in [0.15, 0.2) is 0 Å². The Balaban J connectivity index is 1.39. The second-order valence-corrected chi connectivity index (χ2v) is 10.8. The molecular weight excluding hydrogens is 490 g/mol. The molecule has 1 atom stereocenters. The van der Waals surface area contributed by atoms with Gasteiger partial charge in [0.1, 0.15) is 22.7 Å². The van der Waals surface area contributed by atoms with Gasteiger partial charge in [0.2, 0.25) is 5.91 Å². The fourth-order valence-electron chi connectivity index (χ4n) is 5.07. The molecule has 10 nitrogen and oxygen atoms in total. The van der Waals surface area contributed by atoms with E-state index in [0.29, 0.717) is 25.3 Å². The molecular formula is C26H33N7O3S. The lowest BCUT2D eigenvalue weighted by Gasteiger charge is -2.29. The first-order valence-electron chi connectivity index (χ1n) is 12.6. The zero-order valence-corrected chi connectivity index (χ0v) is 22.3. The normalized spacial score (nSPS) is 15.3. The van der Waals surface area contributed by atoms with Gasteiger partial charge in [-0.3, -0.25) is 9.89 Å². The number of hydrogen-bond acceptors (Lipinski definition) is 9. The molecule has 1 amide bonds. The Bertz CT molecular complexity index is 1400. The van der Waals surface area contributed by atoms with Crippen molar-refractivity contribution in [2.24, 2.45) is 5.92 Å². The standard InChI is InChI=1S/C26H33N7O3S/c1-32(2)7-4-8-33(9-10-34)26(35)16-5-6-18-22(12-16)37-25-23(18)24(27-15-28-25)30-20-11-17-14-29-31-19(17)13-21(20)36-3/h11,13-16,34H,4-10,12H2,1-3H3,(H,29,31)(H,27,28,30)/t16-/m0/s1. The van der Waals surface area contributed by atoms with E-state index in [0.717, 1.165) is 58.4 Å². The number of hydrogen-bond donors (Lipinski definition) is 3. The Morgan fingerprint density at radius 3 is 2.92 bits per heavy atom. The molecule has 1 aliphatic carbocycles. The van der Waals surface area contributed by atoms with Gasteiger partial charge >= 0.3 is 0 Å². The number of aromatic nitrogens is 4. The van der Waals surface area contributed by atoms with Crippen LogP contribution in [0.4, 0.5) is 11.5 Å². The summed E-state index contributed by atoms with van der Waals surface area (Å²) in [5, 5.41) is 22.1. The predicted octanol–water partition coefficient (Wildman–Crippen LogP) is 3.20. The molecule has 0 fully saturated rings. The molecule has 1 aromatic carbocycles. The lowest BCUT2D eigenvalue weighted by molar-refractivity contribution is -0.136. The van der Waals surface area contributed by atoms with Crippen molar-refractivity contribution in [1.82, 2.24) is 30.0 Å². The number of fused-ring (bicyclic) bond motifs is 4. The van der Waals surface area contributed by atoms with Gasteiger partial charge < -0.3 is 25.0 Å². The summed E-state index contributed by atoms with van der Waals surface area (Å²) in [5.41, 5.74) is 2.92. The fourth-order valence-corrected chi connectivity index (χ4v) is 6.34. The van der Waals surface area contributed by atoms with Gasteiger partial charge in [-0.05, 0) is 58.0 Å². The zero-order valence-electron chi connectivity index (χ0n) is 21.5. The molecule has 0 radical (unpaired) electrons. The molecule has 37 heavy (non-hydrogen) atoms. The van der Waals surface area contributed by atoms with Crippen LogP contribution in [-0.4, -0.2) is 88.4 Å². The zero-order chi connectivity index (χ0) is 25.9. The smallest absolute Gasteiger partial charge is 0.226 e. The largest absolute Gasteiger partial charge is 0.494 e. The predicted molar refractivity (Wildman–Crippen MR) is 146 cm³/mol. The molecule has 0 aliphatic heterocycles. The quantitative estimate of drug-likeness (QED) is 0.290. The van der Waals surface area contributed by atoms with Crippen molar-refractivity contribution < 1.29 is 14.6 Å². The molecule has 1 aliphatic rings. The highest BCUT2D eigenvalue weighted by atomic mass is 32.1. The van der Waals surface area contributed by atoms with Gasteiger partial charge in [-0.2, -0.15) is 5.10 Å². The number of aryl methyl sites for hydroxylation is 1. The molecule has 4 aromatic rings. The SMILES string of the molecule is COc1cc2[nH]ncc2cc1Nc1ncnc2sc3c(c12)CC[C@H](C(=O)N(CCO)CCCN(C)C)C3. The average Bonchev–Trinajstić information content (AvgIpc) is 3.50. The van der Waals surface area contributed by atoms with Crippen LogP contribution in [-0.2, 0) is 17.6 Å². The lowest BCUT2D eigenvalue weighted by Crippen LogP contribution is -2.41. The number of methoxy groups -OCH3 is 1. The van der Waals surface area contributed by atoms with Crippen LogP contribution in [0.15, 0.2) is 24.7 Å². The summed E-state index contributed by atoms with van der Waals surface area (Å²) in [4.78, 5) is 28.6. The van der Waals surface area contributed by atoms with Crippen LogP contribution in [0, 0.1) is 5.92 Å². The van der Waals surface area contributed by atoms with E-state index in [1.54, 1.807) is 31.0 Å².